The maximum Gasteiger partial charge on any atom is 0.276 e. The zero-order valence-corrected chi connectivity index (χ0v) is 19.3. The van der Waals surface area contributed by atoms with E-state index in [-0.39, 0.29) is 36.6 Å². The summed E-state index contributed by atoms with van der Waals surface area (Å²) in [4.78, 5) is 27.4. The van der Waals surface area contributed by atoms with Crippen LogP contribution in [-0.2, 0) is 14.3 Å². The largest absolute Gasteiger partial charge is 0.379 e. The van der Waals surface area contributed by atoms with Crippen LogP contribution in [-0.4, -0.2) is 79.0 Å². The highest BCUT2D eigenvalue weighted by molar-refractivity contribution is 5.93. The molecule has 2 saturated heterocycles. The molecule has 1 N–H and O–H groups in total. The third kappa shape index (κ3) is 6.19. The van der Waals surface area contributed by atoms with Gasteiger partial charge in [0.15, 0.2) is 11.5 Å². The van der Waals surface area contributed by atoms with Crippen molar-refractivity contribution in [1.82, 2.24) is 20.5 Å². The van der Waals surface area contributed by atoms with Crippen LogP contribution >= 0.6 is 0 Å². The third-order valence-corrected chi connectivity index (χ3v) is 6.03. The number of hydrogen-bond acceptors (Lipinski definition) is 7. The van der Waals surface area contributed by atoms with Crippen LogP contribution in [0.4, 0.5) is 0 Å². The molecule has 33 heavy (non-hydrogen) atoms. The summed E-state index contributed by atoms with van der Waals surface area (Å²) in [6.07, 6.45) is 2.04. The van der Waals surface area contributed by atoms with Gasteiger partial charge < -0.3 is 18.9 Å². The number of aromatic nitrogens is 1. The van der Waals surface area contributed by atoms with E-state index in [2.05, 4.69) is 10.6 Å². The van der Waals surface area contributed by atoms with Crippen LogP contribution in [0.1, 0.15) is 40.9 Å². The molecular weight excluding hydrogens is 424 g/mol. The molecule has 3 heterocycles. The van der Waals surface area contributed by atoms with Gasteiger partial charge in [-0.1, -0.05) is 22.9 Å². The topological polar surface area (TPSA) is 97.1 Å². The summed E-state index contributed by atoms with van der Waals surface area (Å²) in [7, 11) is 0. The molecule has 2 aliphatic rings. The lowest BCUT2D eigenvalue weighted by Crippen LogP contribution is -2.49. The number of carbonyl (C=O) groups excluding carboxylic acids is 2. The lowest BCUT2D eigenvalue weighted by molar-refractivity contribution is -0.128. The SMILES string of the molecule is Cc1ccc(C)c(-c2cc(C(=O)N(CCC(=O)NN3CCOCC3)C[C@H]3CCCO3)no2)c1. The van der Waals surface area contributed by atoms with Gasteiger partial charge in [0.25, 0.3) is 5.91 Å². The molecule has 1 aromatic carbocycles. The number of ether oxygens (including phenoxy) is 2. The Morgan fingerprint density at radius 2 is 2.00 bits per heavy atom. The van der Waals surface area contributed by atoms with Gasteiger partial charge in [0.05, 0.1) is 19.3 Å². The lowest BCUT2D eigenvalue weighted by Gasteiger charge is -2.28. The fraction of sp³-hybridized carbons (Fsp3) is 0.542. The maximum absolute atomic E-state index is 13.3. The zero-order chi connectivity index (χ0) is 23.2. The van der Waals surface area contributed by atoms with Gasteiger partial charge in [0.1, 0.15) is 0 Å². The Balaban J connectivity index is 1.43. The molecule has 0 spiro atoms. The van der Waals surface area contributed by atoms with Crippen LogP contribution in [0.2, 0.25) is 0 Å². The minimum absolute atomic E-state index is 0.0263. The molecule has 2 aromatic rings. The zero-order valence-electron chi connectivity index (χ0n) is 19.3. The van der Waals surface area contributed by atoms with E-state index in [0.717, 1.165) is 29.5 Å². The van der Waals surface area contributed by atoms with Gasteiger partial charge >= 0.3 is 0 Å². The predicted octanol–water partition coefficient (Wildman–Crippen LogP) is 2.33. The molecule has 9 heteroatoms. The Morgan fingerprint density at radius 3 is 2.76 bits per heavy atom. The van der Waals surface area contributed by atoms with E-state index in [9.17, 15) is 9.59 Å². The number of nitrogens with one attached hydrogen (secondary N) is 1. The third-order valence-electron chi connectivity index (χ3n) is 6.03. The van der Waals surface area contributed by atoms with Gasteiger partial charge in [-0.2, -0.15) is 0 Å². The number of carbonyl (C=O) groups is 2. The first-order valence-electron chi connectivity index (χ1n) is 11.6. The van der Waals surface area contributed by atoms with E-state index in [0.29, 0.717) is 45.2 Å². The Kier molecular flexibility index (Phi) is 7.74. The summed E-state index contributed by atoms with van der Waals surface area (Å²) in [5.41, 5.74) is 6.19. The molecule has 2 amide bonds. The molecule has 0 saturated carbocycles. The maximum atomic E-state index is 13.3. The molecule has 2 aliphatic heterocycles. The number of benzene rings is 1. The monoisotopic (exact) mass is 456 g/mol. The number of amides is 2. The van der Waals surface area contributed by atoms with Crippen molar-refractivity contribution in [2.24, 2.45) is 0 Å². The molecule has 1 aromatic heterocycles. The van der Waals surface area contributed by atoms with Crippen molar-refractivity contribution in [3.8, 4) is 11.3 Å². The van der Waals surface area contributed by atoms with Crippen LogP contribution < -0.4 is 5.43 Å². The summed E-state index contributed by atoms with van der Waals surface area (Å²) in [6.45, 7) is 7.92. The molecule has 4 rings (SSSR count). The van der Waals surface area contributed by atoms with E-state index in [4.69, 9.17) is 14.0 Å². The van der Waals surface area contributed by atoms with Crippen molar-refractivity contribution >= 4 is 11.8 Å². The van der Waals surface area contributed by atoms with Gasteiger partial charge in [-0.05, 0) is 38.3 Å². The minimum Gasteiger partial charge on any atom is -0.379 e. The number of rotatable bonds is 8. The fourth-order valence-corrected chi connectivity index (χ4v) is 4.12. The molecule has 0 radical (unpaired) electrons. The molecule has 2 fully saturated rings. The van der Waals surface area contributed by atoms with E-state index < -0.39 is 0 Å². The molecule has 0 bridgehead atoms. The summed E-state index contributed by atoms with van der Waals surface area (Å²) in [5, 5.41) is 5.90. The molecule has 178 valence electrons. The standard InChI is InChI=1S/C24H32N4O5/c1-17-5-6-18(2)20(14-17)22-15-21(26-33-22)24(30)27(16-19-4-3-11-32-19)8-7-23(29)25-28-9-12-31-13-10-28/h5-6,14-15,19H,3-4,7-13,16H2,1-2H3,(H,25,29)/t19-/m1/s1. The number of hydrazine groups is 1. The average Bonchev–Trinajstić information content (AvgIpc) is 3.51. The smallest absolute Gasteiger partial charge is 0.276 e. The summed E-state index contributed by atoms with van der Waals surface area (Å²) in [6, 6.07) is 7.75. The number of hydrogen-bond donors (Lipinski definition) is 1. The van der Waals surface area contributed by atoms with Gasteiger partial charge in [-0.15, -0.1) is 0 Å². The van der Waals surface area contributed by atoms with Crippen molar-refractivity contribution in [1.29, 1.82) is 0 Å². The highest BCUT2D eigenvalue weighted by Crippen LogP contribution is 2.26. The lowest BCUT2D eigenvalue weighted by atomic mass is 10.0. The van der Waals surface area contributed by atoms with Gasteiger partial charge in [-0.3, -0.25) is 15.0 Å². The summed E-state index contributed by atoms with van der Waals surface area (Å²) >= 11 is 0. The van der Waals surface area contributed by atoms with Crippen molar-refractivity contribution in [3.05, 3.63) is 41.1 Å². The van der Waals surface area contributed by atoms with Crippen LogP contribution in [0.15, 0.2) is 28.8 Å². The van der Waals surface area contributed by atoms with Crippen molar-refractivity contribution in [2.75, 3.05) is 46.0 Å². The Hall–Kier alpha value is -2.75. The Morgan fingerprint density at radius 1 is 1.18 bits per heavy atom. The van der Waals surface area contributed by atoms with Crippen molar-refractivity contribution in [3.63, 3.8) is 0 Å². The molecule has 0 unspecified atom stereocenters. The molecule has 9 nitrogen and oxygen atoms in total. The quantitative estimate of drug-likeness (QED) is 0.651. The number of morpholine rings is 1. The first-order chi connectivity index (χ1) is 16.0. The highest BCUT2D eigenvalue weighted by Gasteiger charge is 2.26. The second kappa shape index (κ2) is 10.9. The summed E-state index contributed by atoms with van der Waals surface area (Å²) < 4.78 is 16.6. The van der Waals surface area contributed by atoms with Crippen LogP contribution in [0.25, 0.3) is 11.3 Å². The van der Waals surface area contributed by atoms with Crippen LogP contribution in [0, 0.1) is 13.8 Å². The molecule has 0 aliphatic carbocycles. The van der Waals surface area contributed by atoms with E-state index in [1.165, 1.54) is 0 Å². The second-order valence-electron chi connectivity index (χ2n) is 8.67. The molecule has 1 atom stereocenters. The first kappa shape index (κ1) is 23.4. The fourth-order valence-electron chi connectivity index (χ4n) is 4.12. The van der Waals surface area contributed by atoms with Gasteiger partial charge in [0.2, 0.25) is 5.91 Å². The van der Waals surface area contributed by atoms with E-state index >= 15 is 0 Å². The van der Waals surface area contributed by atoms with E-state index in [1.54, 1.807) is 11.0 Å². The van der Waals surface area contributed by atoms with E-state index in [1.807, 2.05) is 37.1 Å². The highest BCUT2D eigenvalue weighted by atomic mass is 16.5. The minimum atomic E-state index is -0.259. The van der Waals surface area contributed by atoms with Crippen LogP contribution in [0.5, 0.6) is 0 Å². The summed E-state index contributed by atoms with van der Waals surface area (Å²) in [5.74, 6) is 0.171. The van der Waals surface area contributed by atoms with Crippen molar-refractivity contribution < 1.29 is 23.6 Å². The second-order valence-corrected chi connectivity index (χ2v) is 8.67. The first-order valence-corrected chi connectivity index (χ1v) is 11.6. The predicted molar refractivity (Wildman–Crippen MR) is 121 cm³/mol. The normalized spacial score (nSPS) is 18.9. The average molecular weight is 457 g/mol. The van der Waals surface area contributed by atoms with Crippen LogP contribution in [0.3, 0.4) is 0 Å². The molecular formula is C24H32N4O5. The Bertz CT molecular complexity index is 964. The Labute approximate surface area is 194 Å². The van der Waals surface area contributed by atoms with Gasteiger partial charge in [-0.25, -0.2) is 5.01 Å². The van der Waals surface area contributed by atoms with Gasteiger partial charge in [0, 0.05) is 50.8 Å². The number of nitrogens with zero attached hydrogens (tertiary/aromatic N) is 3. The van der Waals surface area contributed by atoms with Crippen molar-refractivity contribution in [2.45, 2.75) is 39.2 Å². The number of aryl methyl sites for hydroxylation is 2.